The maximum Gasteiger partial charge on any atom is 0.238 e. The van der Waals surface area contributed by atoms with Gasteiger partial charge in [-0.15, -0.1) is 0 Å². The predicted molar refractivity (Wildman–Crippen MR) is 102 cm³/mol. The lowest BCUT2D eigenvalue weighted by Crippen LogP contribution is -2.56. The highest BCUT2D eigenvalue weighted by atomic mass is 32.2. The Bertz CT molecular complexity index is 697. The average Bonchev–Trinajstić information content (AvgIpc) is 2.69. The Hall–Kier alpha value is -2.03. The molecule has 138 valence electrons. The van der Waals surface area contributed by atoms with E-state index in [1.54, 1.807) is 18.0 Å². The summed E-state index contributed by atoms with van der Waals surface area (Å²) in [5.41, 5.74) is 1.93. The van der Waals surface area contributed by atoms with E-state index in [4.69, 9.17) is 0 Å². The van der Waals surface area contributed by atoms with E-state index in [1.165, 1.54) is 0 Å². The quantitative estimate of drug-likeness (QED) is 0.556. The van der Waals surface area contributed by atoms with Crippen LogP contribution in [0.4, 0.5) is 0 Å². The molecule has 26 heavy (non-hydrogen) atoms. The lowest BCUT2D eigenvalue weighted by molar-refractivity contribution is -0.124. The zero-order valence-electron chi connectivity index (χ0n) is 14.9. The molecule has 0 aliphatic carbocycles. The fourth-order valence-corrected chi connectivity index (χ4v) is 3.33. The number of thioether (sulfide) groups is 1. The first-order valence-corrected chi connectivity index (χ1v) is 9.80. The van der Waals surface area contributed by atoms with Crippen LogP contribution in [0.25, 0.3) is 0 Å². The van der Waals surface area contributed by atoms with Gasteiger partial charge in [0.25, 0.3) is 0 Å². The van der Waals surface area contributed by atoms with Crippen molar-refractivity contribution in [2.75, 3.05) is 25.4 Å². The van der Waals surface area contributed by atoms with Crippen molar-refractivity contribution in [2.45, 2.75) is 31.2 Å². The van der Waals surface area contributed by atoms with Crippen molar-refractivity contribution in [1.82, 2.24) is 30.5 Å². The Labute approximate surface area is 158 Å². The van der Waals surface area contributed by atoms with Crippen molar-refractivity contribution in [3.05, 3.63) is 48.0 Å². The molecule has 0 unspecified atom stereocenters. The molecule has 7 nitrogen and oxygen atoms in total. The van der Waals surface area contributed by atoms with E-state index in [9.17, 15) is 4.79 Å². The van der Waals surface area contributed by atoms with E-state index in [0.29, 0.717) is 13.1 Å². The number of hydrogen-bond acceptors (Lipinski definition) is 7. The van der Waals surface area contributed by atoms with E-state index < -0.39 is 0 Å². The van der Waals surface area contributed by atoms with E-state index in [1.807, 2.05) is 30.6 Å². The molecule has 0 saturated carbocycles. The molecule has 2 N–H and O–H groups in total. The van der Waals surface area contributed by atoms with Gasteiger partial charge in [0.1, 0.15) is 0 Å². The van der Waals surface area contributed by atoms with Crippen LogP contribution in [0.1, 0.15) is 18.2 Å². The molecule has 8 heteroatoms. The number of aromatic nitrogens is 3. The third-order valence-electron chi connectivity index (χ3n) is 4.11. The third-order valence-corrected chi connectivity index (χ3v) is 4.86. The molecule has 1 atom stereocenters. The molecule has 1 amide bonds. The summed E-state index contributed by atoms with van der Waals surface area (Å²) in [6, 6.07) is 5.47. The summed E-state index contributed by atoms with van der Waals surface area (Å²) >= 11 is 1.63. The van der Waals surface area contributed by atoms with Crippen molar-refractivity contribution >= 4 is 17.7 Å². The number of nitrogens with zero attached hydrogens (tertiary/aromatic N) is 4. The molecule has 1 aliphatic rings. The largest absolute Gasteiger partial charge is 0.349 e. The lowest BCUT2D eigenvalue weighted by Gasteiger charge is -2.32. The highest BCUT2D eigenvalue weighted by molar-refractivity contribution is 7.99. The number of piperazine rings is 1. The molecular weight excluding hydrogens is 348 g/mol. The monoisotopic (exact) mass is 372 g/mol. The second kappa shape index (κ2) is 9.61. The number of amides is 1. The van der Waals surface area contributed by atoms with Crippen LogP contribution in [0.3, 0.4) is 0 Å². The first-order valence-electron chi connectivity index (χ1n) is 8.81. The van der Waals surface area contributed by atoms with Gasteiger partial charge in [0.2, 0.25) is 5.91 Å². The number of nitrogens with one attached hydrogen (secondary N) is 2. The minimum atomic E-state index is -0.219. The van der Waals surface area contributed by atoms with E-state index in [-0.39, 0.29) is 11.9 Å². The molecule has 1 saturated heterocycles. The summed E-state index contributed by atoms with van der Waals surface area (Å²) in [5, 5.41) is 7.05. The topological polar surface area (TPSA) is 83.0 Å². The Morgan fingerprint density at radius 3 is 2.92 bits per heavy atom. The van der Waals surface area contributed by atoms with Gasteiger partial charge in [-0.05, 0) is 17.9 Å². The number of carbonyl (C=O) groups excluding carboxylic acids is 1. The van der Waals surface area contributed by atoms with Gasteiger partial charge in [0.15, 0.2) is 5.16 Å². The van der Waals surface area contributed by atoms with Gasteiger partial charge in [0, 0.05) is 50.3 Å². The molecule has 2 aromatic heterocycles. The van der Waals surface area contributed by atoms with Crippen molar-refractivity contribution in [3.63, 3.8) is 0 Å². The Balaban J connectivity index is 1.49. The number of pyridine rings is 1. The minimum absolute atomic E-state index is 0.00583. The normalized spacial score (nSPS) is 17.8. The first-order chi connectivity index (χ1) is 12.7. The Morgan fingerprint density at radius 2 is 2.19 bits per heavy atom. The summed E-state index contributed by atoms with van der Waals surface area (Å²) in [6.45, 7) is 5.63. The molecule has 0 spiro atoms. The van der Waals surface area contributed by atoms with Crippen molar-refractivity contribution in [2.24, 2.45) is 0 Å². The van der Waals surface area contributed by atoms with Gasteiger partial charge < -0.3 is 10.6 Å². The van der Waals surface area contributed by atoms with Crippen LogP contribution in [0.15, 0.2) is 41.9 Å². The lowest BCUT2D eigenvalue weighted by atomic mass is 10.1. The van der Waals surface area contributed by atoms with Crippen LogP contribution in [-0.4, -0.2) is 57.2 Å². The summed E-state index contributed by atoms with van der Waals surface area (Å²) in [6.07, 6.45) is 5.49. The van der Waals surface area contributed by atoms with E-state index >= 15 is 0 Å². The van der Waals surface area contributed by atoms with E-state index in [2.05, 4.69) is 37.4 Å². The van der Waals surface area contributed by atoms with Crippen molar-refractivity contribution < 1.29 is 4.79 Å². The Kier molecular flexibility index (Phi) is 6.93. The summed E-state index contributed by atoms with van der Waals surface area (Å²) in [7, 11) is 0. The zero-order valence-corrected chi connectivity index (χ0v) is 15.7. The summed E-state index contributed by atoms with van der Waals surface area (Å²) in [4.78, 5) is 27.7. The van der Waals surface area contributed by atoms with E-state index in [0.717, 1.165) is 41.8 Å². The minimum Gasteiger partial charge on any atom is -0.349 e. The molecule has 0 bridgehead atoms. The van der Waals surface area contributed by atoms with Crippen molar-refractivity contribution in [1.29, 1.82) is 0 Å². The number of rotatable bonds is 7. The van der Waals surface area contributed by atoms with Gasteiger partial charge in [-0.3, -0.25) is 14.7 Å². The molecule has 1 fully saturated rings. The highest BCUT2D eigenvalue weighted by Crippen LogP contribution is 2.12. The maximum absolute atomic E-state index is 12.4. The van der Waals surface area contributed by atoms with Gasteiger partial charge in [-0.2, -0.15) is 0 Å². The second-order valence-corrected chi connectivity index (χ2v) is 7.32. The first kappa shape index (κ1) is 18.8. The van der Waals surface area contributed by atoms with Gasteiger partial charge in [-0.1, -0.05) is 24.8 Å². The van der Waals surface area contributed by atoms with Crippen LogP contribution < -0.4 is 10.6 Å². The summed E-state index contributed by atoms with van der Waals surface area (Å²) < 4.78 is 0. The number of carbonyl (C=O) groups is 1. The molecule has 0 radical (unpaired) electrons. The van der Waals surface area contributed by atoms with Crippen LogP contribution >= 0.6 is 11.8 Å². The third kappa shape index (κ3) is 5.48. The SMILES string of the molecule is CCSc1ncc(CN2CCN[C@@H](C(=O)NCc3ccccn3)C2)cn1. The predicted octanol–water partition coefficient (Wildman–Crippen LogP) is 1.07. The average molecular weight is 372 g/mol. The fourth-order valence-electron chi connectivity index (χ4n) is 2.82. The molecule has 2 aromatic rings. The highest BCUT2D eigenvalue weighted by Gasteiger charge is 2.25. The smallest absolute Gasteiger partial charge is 0.238 e. The Morgan fingerprint density at radius 1 is 1.35 bits per heavy atom. The summed E-state index contributed by atoms with van der Waals surface area (Å²) in [5.74, 6) is 0.971. The van der Waals surface area contributed by atoms with Crippen LogP contribution in [0.2, 0.25) is 0 Å². The van der Waals surface area contributed by atoms with Gasteiger partial charge >= 0.3 is 0 Å². The van der Waals surface area contributed by atoms with Crippen LogP contribution in [0.5, 0.6) is 0 Å². The molecule has 3 rings (SSSR count). The standard InChI is InChI=1S/C18H24N6OS/c1-2-26-18-22-9-14(10-23-18)12-24-8-7-20-16(13-24)17(25)21-11-15-5-3-4-6-19-15/h3-6,9-10,16,20H,2,7-8,11-13H2,1H3,(H,21,25)/t16-/m1/s1. The zero-order chi connectivity index (χ0) is 18.2. The van der Waals surface area contributed by atoms with Crippen LogP contribution in [0, 0.1) is 0 Å². The molecule has 0 aromatic carbocycles. The van der Waals surface area contributed by atoms with Gasteiger partial charge in [-0.25, -0.2) is 9.97 Å². The van der Waals surface area contributed by atoms with Gasteiger partial charge in [0.05, 0.1) is 18.3 Å². The molecule has 1 aliphatic heterocycles. The number of hydrogen-bond donors (Lipinski definition) is 2. The van der Waals surface area contributed by atoms with Crippen LogP contribution in [-0.2, 0) is 17.9 Å². The molecule has 3 heterocycles. The second-order valence-electron chi connectivity index (χ2n) is 6.09. The maximum atomic E-state index is 12.4. The fraction of sp³-hybridized carbons (Fsp3) is 0.444. The molecular formula is C18H24N6OS. The van der Waals surface area contributed by atoms with Crippen molar-refractivity contribution in [3.8, 4) is 0 Å².